The molecule has 0 saturated heterocycles. The molecule has 0 saturated carbocycles. The number of H-pyrrole nitrogens is 1. The molecule has 0 aliphatic rings. The zero-order valence-corrected chi connectivity index (χ0v) is 9.92. The second kappa shape index (κ2) is 4.44. The number of hydrogen-bond acceptors (Lipinski definition) is 4. The summed E-state index contributed by atoms with van der Waals surface area (Å²) in [6.07, 6.45) is 3.52. The lowest BCUT2D eigenvalue weighted by molar-refractivity contribution is 0.273. The summed E-state index contributed by atoms with van der Waals surface area (Å²) in [4.78, 5) is 15.7. The Morgan fingerprint density at radius 1 is 1.17 bits per heavy atom. The van der Waals surface area contributed by atoms with Crippen molar-refractivity contribution >= 4 is 10.9 Å². The molecule has 5 nitrogen and oxygen atoms in total. The summed E-state index contributed by atoms with van der Waals surface area (Å²) >= 11 is 0. The van der Waals surface area contributed by atoms with Gasteiger partial charge < -0.3 is 9.72 Å². The number of aromatic amines is 1. The Kier molecular flexibility index (Phi) is 2.64. The van der Waals surface area contributed by atoms with Crippen molar-refractivity contribution in [3.8, 4) is 6.01 Å². The number of rotatable bonds is 3. The van der Waals surface area contributed by atoms with Gasteiger partial charge in [0.05, 0.1) is 5.52 Å². The number of nitrogens with zero attached hydrogens (tertiary/aromatic N) is 3. The predicted octanol–water partition coefficient (Wildman–Crippen LogP) is 2.24. The first-order valence-corrected chi connectivity index (χ1v) is 5.66. The lowest BCUT2D eigenvalue weighted by Gasteiger charge is -2.03. The predicted molar refractivity (Wildman–Crippen MR) is 67.2 cm³/mol. The van der Waals surface area contributed by atoms with Crippen molar-refractivity contribution in [2.24, 2.45) is 0 Å². The first-order chi connectivity index (χ1) is 8.81. The van der Waals surface area contributed by atoms with Crippen LogP contribution in [0.2, 0.25) is 0 Å². The first kappa shape index (κ1) is 10.7. The summed E-state index contributed by atoms with van der Waals surface area (Å²) in [5.41, 5.74) is 1.88. The van der Waals surface area contributed by atoms with Crippen LogP contribution in [0.1, 0.15) is 11.5 Å². The van der Waals surface area contributed by atoms with E-state index in [0.717, 1.165) is 22.4 Å². The zero-order valence-electron chi connectivity index (χ0n) is 9.92. The van der Waals surface area contributed by atoms with E-state index in [-0.39, 0.29) is 0 Å². The number of aromatic nitrogens is 4. The van der Waals surface area contributed by atoms with Gasteiger partial charge in [-0.25, -0.2) is 9.97 Å². The van der Waals surface area contributed by atoms with Gasteiger partial charge in [-0.3, -0.25) is 0 Å². The second-order valence-electron chi connectivity index (χ2n) is 4.01. The van der Waals surface area contributed by atoms with Crippen LogP contribution in [0.4, 0.5) is 0 Å². The van der Waals surface area contributed by atoms with Gasteiger partial charge in [0.2, 0.25) is 0 Å². The maximum absolute atomic E-state index is 5.50. The first-order valence-electron chi connectivity index (χ1n) is 5.66. The molecule has 0 atom stereocenters. The topological polar surface area (TPSA) is 63.7 Å². The van der Waals surface area contributed by atoms with E-state index in [2.05, 4.69) is 19.9 Å². The van der Waals surface area contributed by atoms with Crippen LogP contribution in [-0.2, 0) is 6.61 Å². The Balaban J connectivity index is 1.78. The molecular formula is C13H12N4O. The lowest BCUT2D eigenvalue weighted by atomic mass is 10.2. The molecule has 18 heavy (non-hydrogen) atoms. The van der Waals surface area contributed by atoms with Gasteiger partial charge >= 0.3 is 6.01 Å². The number of fused-ring (bicyclic) bond motifs is 1. The molecule has 0 aliphatic carbocycles. The molecule has 0 amide bonds. The highest BCUT2D eigenvalue weighted by Gasteiger charge is 2.02. The molecule has 0 spiro atoms. The lowest BCUT2D eigenvalue weighted by Crippen LogP contribution is -2.01. The fourth-order valence-corrected chi connectivity index (χ4v) is 1.70. The molecule has 3 rings (SSSR count). The van der Waals surface area contributed by atoms with Crippen LogP contribution in [0.15, 0.2) is 36.7 Å². The van der Waals surface area contributed by atoms with E-state index < -0.39 is 0 Å². The third-order valence-electron chi connectivity index (χ3n) is 2.56. The van der Waals surface area contributed by atoms with E-state index in [4.69, 9.17) is 4.74 Å². The molecule has 2 aromatic heterocycles. The standard InChI is InChI=1S/C13H12N4O/c1-9-6-14-12(16-9)8-18-13-15-7-10-4-2-3-5-11(10)17-13/h2-7H,8H2,1H3,(H,14,16). The molecule has 0 bridgehead atoms. The minimum atomic E-state index is 0.339. The quantitative estimate of drug-likeness (QED) is 0.762. The maximum atomic E-state index is 5.50. The molecule has 5 heteroatoms. The Morgan fingerprint density at radius 3 is 2.89 bits per heavy atom. The Bertz CT molecular complexity index is 677. The van der Waals surface area contributed by atoms with E-state index in [0.29, 0.717) is 12.6 Å². The highest BCUT2D eigenvalue weighted by atomic mass is 16.5. The number of ether oxygens (including phenoxy) is 1. The van der Waals surface area contributed by atoms with Gasteiger partial charge in [0.1, 0.15) is 12.4 Å². The van der Waals surface area contributed by atoms with Gasteiger partial charge in [-0.2, -0.15) is 4.98 Å². The van der Waals surface area contributed by atoms with E-state index in [1.165, 1.54) is 0 Å². The van der Waals surface area contributed by atoms with E-state index >= 15 is 0 Å². The van der Waals surface area contributed by atoms with Crippen LogP contribution in [0, 0.1) is 6.92 Å². The highest BCUT2D eigenvalue weighted by Crippen LogP contribution is 2.13. The summed E-state index contributed by atoms with van der Waals surface area (Å²) in [5.74, 6) is 0.768. The van der Waals surface area contributed by atoms with Crippen LogP contribution in [0.25, 0.3) is 10.9 Å². The zero-order chi connectivity index (χ0) is 12.4. The number of para-hydroxylation sites is 1. The summed E-state index contributed by atoms with van der Waals surface area (Å²) in [5, 5.41) is 0.999. The Hall–Kier alpha value is -2.43. The maximum Gasteiger partial charge on any atom is 0.317 e. The number of aryl methyl sites for hydroxylation is 1. The average Bonchev–Trinajstić information content (AvgIpc) is 2.82. The highest BCUT2D eigenvalue weighted by molar-refractivity contribution is 5.77. The number of nitrogens with one attached hydrogen (secondary N) is 1. The fraction of sp³-hybridized carbons (Fsp3) is 0.154. The molecule has 0 radical (unpaired) electrons. The van der Waals surface area contributed by atoms with Crippen molar-refractivity contribution in [2.45, 2.75) is 13.5 Å². The third kappa shape index (κ3) is 2.15. The minimum absolute atomic E-state index is 0.339. The molecule has 3 aromatic rings. The largest absolute Gasteiger partial charge is 0.455 e. The minimum Gasteiger partial charge on any atom is -0.455 e. The van der Waals surface area contributed by atoms with Crippen LogP contribution in [-0.4, -0.2) is 19.9 Å². The van der Waals surface area contributed by atoms with Crippen molar-refractivity contribution in [3.05, 3.63) is 48.2 Å². The van der Waals surface area contributed by atoms with Gasteiger partial charge in [-0.15, -0.1) is 0 Å². The molecule has 0 aliphatic heterocycles. The molecule has 1 N–H and O–H groups in total. The van der Waals surface area contributed by atoms with Crippen molar-refractivity contribution < 1.29 is 4.74 Å². The number of hydrogen-bond donors (Lipinski definition) is 1. The third-order valence-corrected chi connectivity index (χ3v) is 2.56. The molecule has 2 heterocycles. The van der Waals surface area contributed by atoms with Crippen LogP contribution < -0.4 is 4.74 Å². The summed E-state index contributed by atoms with van der Waals surface area (Å²) in [6.45, 7) is 2.29. The van der Waals surface area contributed by atoms with E-state index in [9.17, 15) is 0 Å². The average molecular weight is 240 g/mol. The normalized spacial score (nSPS) is 10.7. The summed E-state index contributed by atoms with van der Waals surface area (Å²) < 4.78 is 5.50. The van der Waals surface area contributed by atoms with Crippen LogP contribution >= 0.6 is 0 Å². The van der Waals surface area contributed by atoms with Gasteiger partial charge in [-0.1, -0.05) is 18.2 Å². The van der Waals surface area contributed by atoms with Crippen molar-refractivity contribution in [3.63, 3.8) is 0 Å². The SMILES string of the molecule is Cc1cnc(COc2ncc3ccccc3n2)[nH]1. The van der Waals surface area contributed by atoms with Gasteiger partial charge in [0.25, 0.3) is 0 Å². The Labute approximate surface area is 104 Å². The van der Waals surface area contributed by atoms with Gasteiger partial charge in [0, 0.05) is 23.5 Å². The van der Waals surface area contributed by atoms with Gasteiger partial charge in [0.15, 0.2) is 0 Å². The molecule has 1 aromatic carbocycles. The van der Waals surface area contributed by atoms with Crippen LogP contribution in [0.5, 0.6) is 6.01 Å². The van der Waals surface area contributed by atoms with Crippen molar-refractivity contribution in [2.75, 3.05) is 0 Å². The Morgan fingerprint density at radius 2 is 2.06 bits per heavy atom. The van der Waals surface area contributed by atoms with Crippen molar-refractivity contribution in [1.82, 2.24) is 19.9 Å². The number of benzene rings is 1. The molecule has 90 valence electrons. The second-order valence-corrected chi connectivity index (χ2v) is 4.01. The molecule has 0 fully saturated rings. The molecule has 0 unspecified atom stereocenters. The summed E-state index contributed by atoms with van der Waals surface area (Å²) in [7, 11) is 0. The van der Waals surface area contributed by atoms with E-state index in [1.807, 2.05) is 31.2 Å². The monoisotopic (exact) mass is 240 g/mol. The number of imidazole rings is 1. The van der Waals surface area contributed by atoms with E-state index in [1.54, 1.807) is 12.4 Å². The fourth-order valence-electron chi connectivity index (χ4n) is 1.70. The van der Waals surface area contributed by atoms with Crippen molar-refractivity contribution in [1.29, 1.82) is 0 Å². The van der Waals surface area contributed by atoms with Gasteiger partial charge in [-0.05, 0) is 13.0 Å². The summed E-state index contributed by atoms with van der Waals surface area (Å²) in [6, 6.07) is 8.16. The van der Waals surface area contributed by atoms with Crippen LogP contribution in [0.3, 0.4) is 0 Å². The smallest absolute Gasteiger partial charge is 0.317 e. The molecular weight excluding hydrogens is 228 g/mol.